The lowest BCUT2D eigenvalue weighted by atomic mass is 9.99. The summed E-state index contributed by atoms with van der Waals surface area (Å²) >= 11 is 10.0. The summed E-state index contributed by atoms with van der Waals surface area (Å²) in [6.07, 6.45) is 0.656. The van der Waals surface area contributed by atoms with Crippen LogP contribution in [0.25, 0.3) is 0 Å². The molecule has 0 aliphatic heterocycles. The van der Waals surface area contributed by atoms with E-state index in [9.17, 15) is 9.59 Å². The largest absolute Gasteiger partial charge is 0.480 e. The fourth-order valence-corrected chi connectivity index (χ4v) is 4.09. The zero-order chi connectivity index (χ0) is 16.2. The van der Waals surface area contributed by atoms with E-state index >= 15 is 0 Å². The fraction of sp³-hybridized carbons (Fsp3) is 0.385. The number of aliphatic carboxylic acids is 1. The topological polar surface area (TPSA) is 78.4 Å². The number of carbonyl (C=O) groups is 2. The molecule has 0 aliphatic rings. The van der Waals surface area contributed by atoms with Crippen LogP contribution in [0.4, 0.5) is 10.5 Å². The number of carboxylic acids is 1. The molecule has 0 aliphatic carbocycles. The molecule has 1 aromatic rings. The minimum atomic E-state index is -1.05. The maximum atomic E-state index is 12.0. The van der Waals surface area contributed by atoms with Crippen LogP contribution in [-0.4, -0.2) is 23.1 Å². The minimum Gasteiger partial charge on any atom is -0.480 e. The standard InChI is InChI=1S/C13H15Br3N2O3/c1-3-6(2)10(12(19)20)17-13(21)18-11-8(15)4-7(14)5-9(11)16/h4-6,10H,3H2,1-2H3,(H,19,20)(H2,17,18,21). The Labute approximate surface area is 148 Å². The Balaban J connectivity index is 2.84. The van der Waals surface area contributed by atoms with E-state index in [0.29, 0.717) is 21.1 Å². The molecule has 21 heavy (non-hydrogen) atoms. The number of rotatable bonds is 5. The van der Waals surface area contributed by atoms with Crippen LogP contribution in [0, 0.1) is 5.92 Å². The Morgan fingerprint density at radius 3 is 2.19 bits per heavy atom. The molecule has 116 valence electrons. The molecular formula is C13H15Br3N2O3. The van der Waals surface area contributed by atoms with Crippen molar-refractivity contribution in [1.82, 2.24) is 5.32 Å². The van der Waals surface area contributed by atoms with E-state index < -0.39 is 18.0 Å². The van der Waals surface area contributed by atoms with Crippen molar-refractivity contribution in [1.29, 1.82) is 0 Å². The van der Waals surface area contributed by atoms with Gasteiger partial charge in [0.05, 0.1) is 5.69 Å². The van der Waals surface area contributed by atoms with Crippen LogP contribution in [0.1, 0.15) is 20.3 Å². The maximum Gasteiger partial charge on any atom is 0.326 e. The van der Waals surface area contributed by atoms with Crippen LogP contribution in [0.5, 0.6) is 0 Å². The summed E-state index contributed by atoms with van der Waals surface area (Å²) in [6, 6.07) is 2.07. The van der Waals surface area contributed by atoms with Gasteiger partial charge in [-0.15, -0.1) is 0 Å². The van der Waals surface area contributed by atoms with Crippen LogP contribution < -0.4 is 10.6 Å². The first-order valence-corrected chi connectivity index (χ1v) is 8.59. The molecule has 2 unspecified atom stereocenters. The smallest absolute Gasteiger partial charge is 0.326 e. The highest BCUT2D eigenvalue weighted by Crippen LogP contribution is 2.34. The Hall–Kier alpha value is -0.600. The number of halogens is 3. The summed E-state index contributed by atoms with van der Waals surface area (Å²) in [4.78, 5) is 23.2. The zero-order valence-electron chi connectivity index (χ0n) is 11.4. The van der Waals surface area contributed by atoms with Gasteiger partial charge in [-0.1, -0.05) is 36.2 Å². The predicted octanol–water partition coefficient (Wildman–Crippen LogP) is 4.59. The van der Waals surface area contributed by atoms with E-state index in [1.165, 1.54) is 0 Å². The Morgan fingerprint density at radius 1 is 1.24 bits per heavy atom. The molecule has 0 radical (unpaired) electrons. The third-order valence-corrected chi connectivity index (χ3v) is 4.72. The predicted molar refractivity (Wildman–Crippen MR) is 92.6 cm³/mol. The molecule has 3 N–H and O–H groups in total. The van der Waals surface area contributed by atoms with Crippen molar-refractivity contribution < 1.29 is 14.7 Å². The van der Waals surface area contributed by atoms with Gasteiger partial charge < -0.3 is 15.7 Å². The van der Waals surface area contributed by atoms with E-state index in [-0.39, 0.29) is 5.92 Å². The molecule has 2 amide bonds. The van der Waals surface area contributed by atoms with Crippen molar-refractivity contribution in [2.24, 2.45) is 5.92 Å². The van der Waals surface area contributed by atoms with Gasteiger partial charge in [0.2, 0.25) is 0 Å². The second kappa shape index (κ2) is 8.14. The molecule has 0 saturated carbocycles. The number of anilines is 1. The van der Waals surface area contributed by atoms with Crippen LogP contribution in [0.15, 0.2) is 25.6 Å². The fourth-order valence-electron chi connectivity index (χ4n) is 1.64. The number of benzene rings is 1. The van der Waals surface area contributed by atoms with E-state index in [1.807, 2.05) is 6.92 Å². The number of amides is 2. The lowest BCUT2D eigenvalue weighted by molar-refractivity contribution is -0.140. The molecule has 0 aromatic heterocycles. The van der Waals surface area contributed by atoms with Crippen molar-refractivity contribution in [2.75, 3.05) is 5.32 Å². The van der Waals surface area contributed by atoms with E-state index in [2.05, 4.69) is 58.4 Å². The average molecular weight is 487 g/mol. The highest BCUT2D eigenvalue weighted by molar-refractivity contribution is 9.11. The molecule has 0 fully saturated rings. The number of urea groups is 1. The monoisotopic (exact) mass is 484 g/mol. The second-order valence-corrected chi connectivity index (χ2v) is 7.17. The third-order valence-electron chi connectivity index (χ3n) is 3.01. The van der Waals surface area contributed by atoms with E-state index in [1.54, 1.807) is 19.1 Å². The number of nitrogens with one attached hydrogen (secondary N) is 2. The van der Waals surface area contributed by atoms with Gasteiger partial charge in [0.25, 0.3) is 0 Å². The van der Waals surface area contributed by atoms with Gasteiger partial charge in [0, 0.05) is 13.4 Å². The summed E-state index contributed by atoms with van der Waals surface area (Å²) in [5.74, 6) is -1.21. The Bertz CT molecular complexity index is 528. The molecule has 0 spiro atoms. The van der Waals surface area contributed by atoms with E-state index in [4.69, 9.17) is 5.11 Å². The van der Waals surface area contributed by atoms with Crippen LogP contribution >= 0.6 is 47.8 Å². The molecule has 0 heterocycles. The van der Waals surface area contributed by atoms with Crippen LogP contribution in [-0.2, 0) is 4.79 Å². The molecular weight excluding hydrogens is 472 g/mol. The summed E-state index contributed by atoms with van der Waals surface area (Å²) < 4.78 is 2.19. The molecule has 8 heteroatoms. The summed E-state index contributed by atoms with van der Waals surface area (Å²) in [6.45, 7) is 3.66. The maximum absolute atomic E-state index is 12.0. The Kier molecular flexibility index (Phi) is 7.15. The molecule has 0 saturated heterocycles. The van der Waals surface area contributed by atoms with Crippen molar-refractivity contribution in [3.05, 3.63) is 25.6 Å². The lowest BCUT2D eigenvalue weighted by Gasteiger charge is -2.21. The van der Waals surface area contributed by atoms with Crippen molar-refractivity contribution in [3.63, 3.8) is 0 Å². The number of hydrogen-bond acceptors (Lipinski definition) is 2. The first-order valence-electron chi connectivity index (χ1n) is 6.21. The number of carboxylic acid groups (broad SMARTS) is 1. The highest BCUT2D eigenvalue weighted by atomic mass is 79.9. The summed E-state index contributed by atoms with van der Waals surface area (Å²) in [5, 5.41) is 14.3. The van der Waals surface area contributed by atoms with Gasteiger partial charge in [-0.25, -0.2) is 9.59 Å². The van der Waals surface area contributed by atoms with Crippen molar-refractivity contribution in [2.45, 2.75) is 26.3 Å². The first-order chi connectivity index (χ1) is 9.76. The van der Waals surface area contributed by atoms with E-state index in [0.717, 1.165) is 4.47 Å². The van der Waals surface area contributed by atoms with Gasteiger partial charge in [-0.05, 0) is 49.9 Å². The average Bonchev–Trinajstić information content (AvgIpc) is 2.39. The lowest BCUT2D eigenvalue weighted by Crippen LogP contribution is -2.46. The van der Waals surface area contributed by atoms with Gasteiger partial charge in [0.15, 0.2) is 0 Å². The molecule has 0 bridgehead atoms. The van der Waals surface area contributed by atoms with Gasteiger partial charge in [-0.2, -0.15) is 0 Å². The SMILES string of the molecule is CCC(C)C(NC(=O)Nc1c(Br)cc(Br)cc1Br)C(=O)O. The minimum absolute atomic E-state index is 0.162. The summed E-state index contributed by atoms with van der Waals surface area (Å²) in [5.41, 5.74) is 0.531. The Morgan fingerprint density at radius 2 is 1.76 bits per heavy atom. The normalized spacial score (nSPS) is 13.4. The molecule has 5 nitrogen and oxygen atoms in total. The van der Waals surface area contributed by atoms with Gasteiger partial charge in [-0.3, -0.25) is 0 Å². The van der Waals surface area contributed by atoms with Gasteiger partial charge in [0.1, 0.15) is 6.04 Å². The molecule has 2 atom stereocenters. The number of carbonyl (C=O) groups excluding carboxylic acids is 1. The van der Waals surface area contributed by atoms with Crippen molar-refractivity contribution >= 4 is 65.5 Å². The van der Waals surface area contributed by atoms with Crippen LogP contribution in [0.2, 0.25) is 0 Å². The number of hydrogen-bond donors (Lipinski definition) is 3. The quantitative estimate of drug-likeness (QED) is 0.569. The highest BCUT2D eigenvalue weighted by Gasteiger charge is 2.25. The molecule has 1 rings (SSSR count). The van der Waals surface area contributed by atoms with Crippen molar-refractivity contribution in [3.8, 4) is 0 Å². The summed E-state index contributed by atoms with van der Waals surface area (Å²) in [7, 11) is 0. The first kappa shape index (κ1) is 18.4. The third kappa shape index (κ3) is 5.27. The zero-order valence-corrected chi connectivity index (χ0v) is 16.2. The molecule has 1 aromatic carbocycles. The van der Waals surface area contributed by atoms with Crippen LogP contribution in [0.3, 0.4) is 0 Å². The van der Waals surface area contributed by atoms with Gasteiger partial charge >= 0.3 is 12.0 Å². The second-order valence-electron chi connectivity index (χ2n) is 4.54.